The van der Waals surface area contributed by atoms with E-state index in [0.29, 0.717) is 0 Å². The number of para-hydroxylation sites is 1. The van der Waals surface area contributed by atoms with Crippen molar-refractivity contribution in [3.63, 3.8) is 0 Å². The summed E-state index contributed by atoms with van der Waals surface area (Å²) in [6, 6.07) is 9.71. The van der Waals surface area contributed by atoms with Crippen LogP contribution in [0.3, 0.4) is 0 Å². The summed E-state index contributed by atoms with van der Waals surface area (Å²) in [5.74, 6) is -1.05. The molecule has 0 bridgehead atoms. The molecule has 1 aliphatic heterocycles. The van der Waals surface area contributed by atoms with E-state index in [9.17, 15) is 42.8 Å². The first-order valence-electron chi connectivity index (χ1n) is 11.7. The lowest BCUT2D eigenvalue weighted by Crippen LogP contribution is -2.44. The van der Waals surface area contributed by atoms with E-state index < -0.39 is 67.5 Å². The van der Waals surface area contributed by atoms with Crippen molar-refractivity contribution >= 4 is 40.8 Å². The molecule has 3 aromatic rings. The molecule has 1 atom stereocenters. The molecule has 1 aromatic heterocycles. The lowest BCUT2D eigenvalue weighted by Gasteiger charge is -2.32. The molecule has 5 rings (SSSR count). The molecule has 2 aromatic carbocycles. The van der Waals surface area contributed by atoms with Crippen LogP contribution in [0.25, 0.3) is 10.9 Å². The van der Waals surface area contributed by atoms with Gasteiger partial charge in [0.15, 0.2) is 5.03 Å². The number of sulfonamides is 2. The summed E-state index contributed by atoms with van der Waals surface area (Å²) in [6.07, 6.45) is 0.254. The van der Waals surface area contributed by atoms with Gasteiger partial charge in [0.2, 0.25) is 9.84 Å². The maximum absolute atomic E-state index is 14.6. The number of nitrogens with zero attached hydrogens (tertiary/aromatic N) is 2. The fraction of sp³-hybridized carbons (Fsp3) is 0.391. The standard InChI is InChI=1S/C23H23F4N3O6S3/c1-29-17-8-4-2-6-15(17)20(37(31,32)18-9-5-3-7-16(18)24)21(29)38(33,34)30-12-10-22(11-13-30)14-19(22)28-39(35,36)23(25,26)27/h2-9,19,28H,10-14H2,1H3/t19-/m1/s1. The first-order valence-corrected chi connectivity index (χ1v) is 16.1. The highest BCUT2D eigenvalue weighted by molar-refractivity contribution is 7.93. The quantitative estimate of drug-likeness (QED) is 0.429. The Balaban J connectivity index is 1.51. The van der Waals surface area contributed by atoms with Crippen molar-refractivity contribution in [1.82, 2.24) is 13.6 Å². The van der Waals surface area contributed by atoms with Crippen molar-refractivity contribution in [1.29, 1.82) is 0 Å². The molecule has 9 nitrogen and oxygen atoms in total. The average molecular weight is 610 g/mol. The van der Waals surface area contributed by atoms with Crippen molar-refractivity contribution in [2.75, 3.05) is 13.1 Å². The molecule has 0 amide bonds. The Hall–Kier alpha value is -2.53. The number of alkyl halides is 3. The number of hydrogen-bond donors (Lipinski definition) is 1. The number of hydrogen-bond acceptors (Lipinski definition) is 6. The van der Waals surface area contributed by atoms with E-state index in [4.69, 9.17) is 0 Å². The van der Waals surface area contributed by atoms with E-state index in [2.05, 4.69) is 0 Å². The van der Waals surface area contributed by atoms with Crippen molar-refractivity contribution in [3.05, 3.63) is 54.3 Å². The second kappa shape index (κ2) is 8.99. The smallest absolute Gasteiger partial charge is 0.332 e. The van der Waals surface area contributed by atoms with Crippen LogP contribution in [0.5, 0.6) is 0 Å². The third-order valence-electron chi connectivity index (χ3n) is 7.50. The summed E-state index contributed by atoms with van der Waals surface area (Å²) in [5, 5.41) is -0.479. The topological polar surface area (TPSA) is 123 Å². The number of sulfone groups is 1. The number of halogens is 4. The van der Waals surface area contributed by atoms with Gasteiger partial charge < -0.3 is 4.57 Å². The number of nitrogens with one attached hydrogen (secondary N) is 1. The Morgan fingerprint density at radius 3 is 2.13 bits per heavy atom. The highest BCUT2D eigenvalue weighted by atomic mass is 32.2. The highest BCUT2D eigenvalue weighted by Crippen LogP contribution is 2.55. The molecule has 1 spiro atoms. The molecule has 2 aliphatic rings. The van der Waals surface area contributed by atoms with Gasteiger partial charge in [0, 0.05) is 31.6 Å². The van der Waals surface area contributed by atoms with E-state index in [0.717, 1.165) is 16.4 Å². The van der Waals surface area contributed by atoms with Crippen LogP contribution >= 0.6 is 0 Å². The fourth-order valence-electron chi connectivity index (χ4n) is 5.27. The summed E-state index contributed by atoms with van der Waals surface area (Å²) in [7, 11) is -13.3. The Kier molecular flexibility index (Phi) is 6.46. The van der Waals surface area contributed by atoms with Crippen LogP contribution in [0, 0.1) is 11.2 Å². The number of aromatic nitrogens is 1. The van der Waals surface area contributed by atoms with E-state index in [1.807, 2.05) is 0 Å². The monoisotopic (exact) mass is 609 g/mol. The fourth-order valence-corrected chi connectivity index (χ4v) is 10.1. The lowest BCUT2D eigenvalue weighted by molar-refractivity contribution is -0.0449. The molecule has 1 saturated carbocycles. The van der Waals surface area contributed by atoms with Gasteiger partial charge in [-0.3, -0.25) is 0 Å². The van der Waals surface area contributed by atoms with Gasteiger partial charge >= 0.3 is 15.5 Å². The maximum Gasteiger partial charge on any atom is 0.511 e. The zero-order chi connectivity index (χ0) is 28.6. The molecule has 1 aliphatic carbocycles. The molecular weight excluding hydrogens is 586 g/mol. The number of aryl methyl sites for hydroxylation is 1. The molecule has 0 unspecified atom stereocenters. The highest BCUT2D eigenvalue weighted by Gasteiger charge is 2.60. The minimum absolute atomic E-state index is 0.0661. The lowest BCUT2D eigenvalue weighted by atomic mass is 9.94. The third-order valence-corrected chi connectivity index (χ3v) is 12.7. The van der Waals surface area contributed by atoms with Crippen LogP contribution in [-0.4, -0.2) is 58.8 Å². The zero-order valence-corrected chi connectivity index (χ0v) is 22.8. The van der Waals surface area contributed by atoms with Gasteiger partial charge in [0.05, 0.1) is 5.52 Å². The number of benzene rings is 2. The van der Waals surface area contributed by atoms with Gasteiger partial charge in [-0.15, -0.1) is 0 Å². The SMILES string of the molecule is Cn1c(S(=O)(=O)N2CCC3(CC2)C[C@H]3NS(=O)(=O)C(F)(F)F)c(S(=O)(=O)c2ccccc2F)c2ccccc21. The number of fused-ring (bicyclic) bond motifs is 1. The summed E-state index contributed by atoms with van der Waals surface area (Å²) in [6.45, 7) is -0.347. The second-order valence-corrected chi connectivity index (χ2v) is 15.1. The van der Waals surface area contributed by atoms with Gasteiger partial charge in [-0.25, -0.2) is 34.4 Å². The third kappa shape index (κ3) is 4.45. The second-order valence-electron chi connectivity index (χ2n) is 9.73. The van der Waals surface area contributed by atoms with Crippen molar-refractivity contribution in [3.8, 4) is 0 Å². The summed E-state index contributed by atoms with van der Waals surface area (Å²) < 4.78 is 135. The summed E-state index contributed by atoms with van der Waals surface area (Å²) in [4.78, 5) is -1.26. The predicted molar refractivity (Wildman–Crippen MR) is 132 cm³/mol. The largest absolute Gasteiger partial charge is 0.511 e. The molecule has 0 radical (unpaired) electrons. The number of piperidine rings is 1. The zero-order valence-electron chi connectivity index (χ0n) is 20.3. The van der Waals surface area contributed by atoms with E-state index >= 15 is 0 Å². The van der Waals surface area contributed by atoms with Crippen molar-refractivity contribution in [2.24, 2.45) is 12.5 Å². The van der Waals surface area contributed by atoms with Gasteiger partial charge in [-0.05, 0) is 42.9 Å². The van der Waals surface area contributed by atoms with Crippen LogP contribution in [0.2, 0.25) is 0 Å². The van der Waals surface area contributed by atoms with Gasteiger partial charge in [0.1, 0.15) is 15.6 Å². The van der Waals surface area contributed by atoms with E-state index in [-0.39, 0.29) is 43.3 Å². The molecule has 2 fully saturated rings. The van der Waals surface area contributed by atoms with E-state index in [1.54, 1.807) is 10.8 Å². The molecule has 16 heteroatoms. The Morgan fingerprint density at radius 2 is 1.51 bits per heavy atom. The molecular formula is C23H23F4N3O6S3. The van der Waals surface area contributed by atoms with Crippen LogP contribution in [0.1, 0.15) is 19.3 Å². The van der Waals surface area contributed by atoms with Gasteiger partial charge in [-0.1, -0.05) is 30.3 Å². The van der Waals surface area contributed by atoms with Crippen molar-refractivity contribution in [2.45, 2.75) is 45.6 Å². The molecule has 1 saturated heterocycles. The maximum atomic E-state index is 14.6. The Morgan fingerprint density at radius 1 is 0.923 bits per heavy atom. The minimum atomic E-state index is -5.55. The van der Waals surface area contributed by atoms with Crippen LogP contribution in [0.15, 0.2) is 63.3 Å². The predicted octanol–water partition coefficient (Wildman–Crippen LogP) is 3.13. The van der Waals surface area contributed by atoms with Gasteiger partial charge in [0.25, 0.3) is 10.0 Å². The van der Waals surface area contributed by atoms with E-state index in [1.165, 1.54) is 41.9 Å². The molecule has 1 N–H and O–H groups in total. The Labute approximate surface area is 222 Å². The molecule has 2 heterocycles. The van der Waals surface area contributed by atoms with Crippen LogP contribution < -0.4 is 4.72 Å². The minimum Gasteiger partial charge on any atom is -0.332 e. The number of rotatable bonds is 6. The Bertz CT molecular complexity index is 1790. The van der Waals surface area contributed by atoms with Crippen LogP contribution in [-0.2, 0) is 36.9 Å². The average Bonchev–Trinajstić information content (AvgIpc) is 3.38. The molecule has 39 heavy (non-hydrogen) atoms. The normalized spacial score (nSPS) is 20.5. The van der Waals surface area contributed by atoms with Crippen molar-refractivity contribution < 1.29 is 42.8 Å². The molecule has 212 valence electrons. The first kappa shape index (κ1) is 28.0. The summed E-state index contributed by atoms with van der Waals surface area (Å²) >= 11 is 0. The first-order chi connectivity index (χ1) is 18.0. The summed E-state index contributed by atoms with van der Waals surface area (Å²) in [5.41, 5.74) is -6.01. The van der Waals surface area contributed by atoms with Gasteiger partial charge in [-0.2, -0.15) is 17.5 Å². The van der Waals surface area contributed by atoms with Crippen LogP contribution in [0.4, 0.5) is 17.6 Å².